The number of nitrogens with two attached hydrogens (primary N) is 1. The topological polar surface area (TPSA) is 69.1 Å². The summed E-state index contributed by atoms with van der Waals surface area (Å²) in [6.45, 7) is 6.24. The van der Waals surface area contributed by atoms with Gasteiger partial charge in [-0.2, -0.15) is 9.78 Å². The lowest BCUT2D eigenvalue weighted by molar-refractivity contribution is 0.425. The van der Waals surface area contributed by atoms with Gasteiger partial charge in [0.1, 0.15) is 0 Å². The highest BCUT2D eigenvalue weighted by atomic mass is 35.5. The first-order valence-electron chi connectivity index (χ1n) is 7.69. The molecule has 1 aromatic carbocycles. The number of hydrogen-bond donors (Lipinski definition) is 1. The maximum absolute atomic E-state index is 6.33. The van der Waals surface area contributed by atoms with E-state index in [1.807, 2.05) is 19.1 Å². The Labute approximate surface area is 145 Å². The zero-order valence-electron chi connectivity index (χ0n) is 13.5. The molecule has 122 valence electrons. The SMILES string of the molecule is CCC(C)C(N)c1nnc2n1N=C(c1ccc(Cl)c(C)c1)CS2. The minimum atomic E-state index is -0.170. The highest BCUT2D eigenvalue weighted by Gasteiger charge is 2.25. The number of aryl methyl sites for hydroxylation is 1. The molecule has 3 rings (SSSR count). The molecule has 2 heterocycles. The van der Waals surface area contributed by atoms with Crippen LogP contribution in [-0.2, 0) is 0 Å². The first-order chi connectivity index (χ1) is 11.0. The van der Waals surface area contributed by atoms with Crippen molar-refractivity contribution in [2.75, 3.05) is 5.75 Å². The largest absolute Gasteiger partial charge is 0.321 e. The molecule has 5 nitrogen and oxygen atoms in total. The van der Waals surface area contributed by atoms with Crippen molar-refractivity contribution in [3.8, 4) is 0 Å². The summed E-state index contributed by atoms with van der Waals surface area (Å²) >= 11 is 7.74. The smallest absolute Gasteiger partial charge is 0.212 e. The zero-order valence-corrected chi connectivity index (χ0v) is 15.0. The van der Waals surface area contributed by atoms with E-state index in [1.54, 1.807) is 16.4 Å². The second kappa shape index (κ2) is 6.63. The Bertz CT molecular complexity index is 755. The fourth-order valence-corrected chi connectivity index (χ4v) is 3.39. The van der Waals surface area contributed by atoms with Crippen molar-refractivity contribution in [3.63, 3.8) is 0 Å². The van der Waals surface area contributed by atoms with Crippen LogP contribution in [-0.4, -0.2) is 26.3 Å². The number of halogens is 1. The van der Waals surface area contributed by atoms with Gasteiger partial charge in [-0.1, -0.05) is 49.7 Å². The van der Waals surface area contributed by atoms with E-state index in [2.05, 4.69) is 30.1 Å². The molecule has 2 atom stereocenters. The van der Waals surface area contributed by atoms with Crippen molar-refractivity contribution in [2.45, 2.75) is 38.4 Å². The van der Waals surface area contributed by atoms with Gasteiger partial charge in [-0.3, -0.25) is 0 Å². The molecule has 0 fully saturated rings. The van der Waals surface area contributed by atoms with Crippen LogP contribution in [0.15, 0.2) is 28.5 Å². The molecule has 1 aliphatic rings. The normalized spacial score (nSPS) is 16.7. The Morgan fingerprint density at radius 2 is 2.17 bits per heavy atom. The third-order valence-corrected chi connectivity index (χ3v) is 5.60. The standard InChI is InChI=1S/C16H20ClN5S/c1-4-9(2)14(18)15-19-20-16-22(15)21-13(8-23-16)11-5-6-12(17)10(3)7-11/h5-7,9,14H,4,8,18H2,1-3H3. The summed E-state index contributed by atoms with van der Waals surface area (Å²) < 4.78 is 1.80. The van der Waals surface area contributed by atoms with Gasteiger partial charge in [0.15, 0.2) is 5.82 Å². The molecular formula is C16H20ClN5S. The molecule has 0 amide bonds. The molecular weight excluding hydrogens is 330 g/mol. The van der Waals surface area contributed by atoms with Gasteiger partial charge < -0.3 is 5.73 Å². The number of hydrogen-bond acceptors (Lipinski definition) is 5. The lowest BCUT2D eigenvalue weighted by atomic mass is 10.00. The van der Waals surface area contributed by atoms with Gasteiger partial charge in [0.2, 0.25) is 5.16 Å². The molecule has 2 aromatic rings. The van der Waals surface area contributed by atoms with Crippen molar-refractivity contribution < 1.29 is 0 Å². The Hall–Kier alpha value is -1.37. The highest BCUT2D eigenvalue weighted by Crippen LogP contribution is 2.29. The third-order valence-electron chi connectivity index (χ3n) is 4.24. The monoisotopic (exact) mass is 349 g/mol. The fourth-order valence-electron chi connectivity index (χ4n) is 2.42. The van der Waals surface area contributed by atoms with Crippen molar-refractivity contribution >= 4 is 29.1 Å². The van der Waals surface area contributed by atoms with E-state index in [9.17, 15) is 0 Å². The molecule has 7 heteroatoms. The third kappa shape index (κ3) is 3.16. The van der Waals surface area contributed by atoms with E-state index in [4.69, 9.17) is 22.4 Å². The zero-order chi connectivity index (χ0) is 16.6. The van der Waals surface area contributed by atoms with Gasteiger partial charge >= 0.3 is 0 Å². The van der Waals surface area contributed by atoms with Gasteiger partial charge in [-0.05, 0) is 36.1 Å². The maximum atomic E-state index is 6.33. The van der Waals surface area contributed by atoms with Crippen molar-refractivity contribution in [2.24, 2.45) is 16.8 Å². The van der Waals surface area contributed by atoms with Crippen molar-refractivity contribution in [1.29, 1.82) is 0 Å². The summed E-state index contributed by atoms with van der Waals surface area (Å²) in [5.74, 6) is 1.81. The second-order valence-electron chi connectivity index (χ2n) is 5.86. The van der Waals surface area contributed by atoms with Crippen molar-refractivity contribution in [1.82, 2.24) is 14.9 Å². The Morgan fingerprint density at radius 1 is 1.39 bits per heavy atom. The summed E-state index contributed by atoms with van der Waals surface area (Å²) in [5, 5.41) is 14.8. The van der Waals surface area contributed by atoms with Gasteiger partial charge in [-0.25, -0.2) is 0 Å². The van der Waals surface area contributed by atoms with Gasteiger partial charge in [0, 0.05) is 10.8 Å². The summed E-state index contributed by atoms with van der Waals surface area (Å²) in [7, 11) is 0. The van der Waals surface area contributed by atoms with E-state index in [1.165, 1.54) is 0 Å². The molecule has 2 N–H and O–H groups in total. The Morgan fingerprint density at radius 3 is 2.87 bits per heavy atom. The summed E-state index contributed by atoms with van der Waals surface area (Å²) in [4.78, 5) is 0. The first-order valence-corrected chi connectivity index (χ1v) is 9.05. The Kier molecular flexibility index (Phi) is 4.75. The predicted molar refractivity (Wildman–Crippen MR) is 95.3 cm³/mol. The van der Waals surface area contributed by atoms with Crippen LogP contribution in [0.25, 0.3) is 0 Å². The van der Waals surface area contributed by atoms with Crippen LogP contribution in [0, 0.1) is 12.8 Å². The minimum Gasteiger partial charge on any atom is -0.321 e. The lowest BCUT2D eigenvalue weighted by Gasteiger charge is -2.19. The quantitative estimate of drug-likeness (QED) is 0.914. The molecule has 2 unspecified atom stereocenters. The number of nitrogens with zero attached hydrogens (tertiary/aromatic N) is 4. The van der Waals surface area contributed by atoms with Crippen LogP contribution < -0.4 is 5.73 Å². The number of thioether (sulfide) groups is 1. The average molecular weight is 350 g/mol. The van der Waals surface area contributed by atoms with E-state index in [-0.39, 0.29) is 6.04 Å². The molecule has 0 spiro atoms. The fraction of sp³-hybridized carbons (Fsp3) is 0.438. The Balaban J connectivity index is 1.99. The van der Waals surface area contributed by atoms with Crippen LogP contribution in [0.4, 0.5) is 0 Å². The van der Waals surface area contributed by atoms with Crippen LogP contribution in [0.5, 0.6) is 0 Å². The molecule has 0 saturated heterocycles. The van der Waals surface area contributed by atoms with E-state index in [0.717, 1.165) is 45.0 Å². The molecule has 0 aliphatic carbocycles. The average Bonchev–Trinajstić information content (AvgIpc) is 2.99. The lowest BCUT2D eigenvalue weighted by Crippen LogP contribution is -2.24. The van der Waals surface area contributed by atoms with Gasteiger partial charge in [0.05, 0.1) is 11.8 Å². The van der Waals surface area contributed by atoms with E-state index < -0.39 is 0 Å². The number of benzene rings is 1. The van der Waals surface area contributed by atoms with Gasteiger partial charge in [0.25, 0.3) is 0 Å². The maximum Gasteiger partial charge on any atom is 0.212 e. The summed E-state index contributed by atoms with van der Waals surface area (Å²) in [6, 6.07) is 5.80. The number of fused-ring (bicyclic) bond motifs is 1. The minimum absolute atomic E-state index is 0.170. The highest BCUT2D eigenvalue weighted by molar-refractivity contribution is 7.99. The molecule has 0 radical (unpaired) electrons. The van der Waals surface area contributed by atoms with Gasteiger partial charge in [-0.15, -0.1) is 10.2 Å². The van der Waals surface area contributed by atoms with Crippen LogP contribution in [0.3, 0.4) is 0 Å². The second-order valence-corrected chi connectivity index (χ2v) is 7.21. The van der Waals surface area contributed by atoms with Crippen LogP contribution in [0.1, 0.15) is 43.3 Å². The first kappa shape index (κ1) is 16.5. The number of rotatable bonds is 4. The van der Waals surface area contributed by atoms with Crippen molar-refractivity contribution in [3.05, 3.63) is 40.2 Å². The van der Waals surface area contributed by atoms with Crippen LogP contribution in [0.2, 0.25) is 5.02 Å². The number of aromatic nitrogens is 3. The van der Waals surface area contributed by atoms with E-state index >= 15 is 0 Å². The molecule has 23 heavy (non-hydrogen) atoms. The molecule has 1 aliphatic heterocycles. The van der Waals surface area contributed by atoms with Crippen LogP contribution >= 0.6 is 23.4 Å². The summed E-state index contributed by atoms with van der Waals surface area (Å²) in [5.41, 5.74) is 9.43. The molecule has 0 saturated carbocycles. The summed E-state index contributed by atoms with van der Waals surface area (Å²) in [6.07, 6.45) is 0.990. The molecule has 0 bridgehead atoms. The predicted octanol–water partition coefficient (Wildman–Crippen LogP) is 3.64. The molecule has 1 aromatic heterocycles. The van der Waals surface area contributed by atoms with E-state index in [0.29, 0.717) is 5.92 Å².